The molecule has 1 saturated heterocycles. The minimum Gasteiger partial charge on any atom is -0.508 e. The van der Waals surface area contributed by atoms with Gasteiger partial charge in [-0.05, 0) is 49.4 Å². The summed E-state index contributed by atoms with van der Waals surface area (Å²) in [6, 6.07) is 8.01. The quantitative estimate of drug-likeness (QED) is 0.847. The lowest BCUT2D eigenvalue weighted by Crippen LogP contribution is -2.51. The van der Waals surface area contributed by atoms with Gasteiger partial charge in [0.2, 0.25) is 0 Å². The summed E-state index contributed by atoms with van der Waals surface area (Å²) in [5.41, 5.74) is 1.66. The van der Waals surface area contributed by atoms with Gasteiger partial charge in [-0.3, -0.25) is 4.90 Å². The maximum atomic E-state index is 9.84. The van der Waals surface area contributed by atoms with Gasteiger partial charge >= 0.3 is 0 Å². The number of phenols is 1. The SMILES string of the molecule is C=CCN1CC[C@@]2(c3cccc(O)c3)CCCC[C@H]2C1. The van der Waals surface area contributed by atoms with Crippen LogP contribution in [0.1, 0.15) is 37.7 Å². The van der Waals surface area contributed by atoms with Crippen LogP contribution < -0.4 is 0 Å². The van der Waals surface area contributed by atoms with Crippen molar-refractivity contribution in [3.05, 3.63) is 42.5 Å². The molecule has 108 valence electrons. The molecule has 0 unspecified atom stereocenters. The van der Waals surface area contributed by atoms with Gasteiger partial charge in [0.25, 0.3) is 0 Å². The van der Waals surface area contributed by atoms with Crippen molar-refractivity contribution in [3.8, 4) is 5.75 Å². The summed E-state index contributed by atoms with van der Waals surface area (Å²) in [4.78, 5) is 2.53. The molecular formula is C18H25NO. The van der Waals surface area contributed by atoms with Crippen molar-refractivity contribution >= 4 is 0 Å². The lowest BCUT2D eigenvalue weighted by Gasteiger charge is -2.51. The zero-order valence-electron chi connectivity index (χ0n) is 12.2. The number of piperidine rings is 1. The first-order chi connectivity index (χ1) is 9.74. The van der Waals surface area contributed by atoms with Gasteiger partial charge in [0.15, 0.2) is 0 Å². The summed E-state index contributed by atoms with van der Waals surface area (Å²) in [6.45, 7) is 7.21. The molecule has 20 heavy (non-hydrogen) atoms. The Kier molecular flexibility index (Phi) is 3.84. The average Bonchev–Trinajstić information content (AvgIpc) is 2.47. The highest BCUT2D eigenvalue weighted by atomic mass is 16.3. The van der Waals surface area contributed by atoms with E-state index in [-0.39, 0.29) is 0 Å². The highest BCUT2D eigenvalue weighted by Gasteiger charge is 2.45. The minimum atomic E-state index is 0.300. The molecule has 1 N–H and O–H groups in total. The summed E-state index contributed by atoms with van der Waals surface area (Å²) in [7, 11) is 0. The van der Waals surface area contributed by atoms with Crippen molar-refractivity contribution in [3.63, 3.8) is 0 Å². The number of aromatic hydroxyl groups is 1. The third-order valence-electron chi connectivity index (χ3n) is 5.37. The van der Waals surface area contributed by atoms with Gasteiger partial charge in [-0.25, -0.2) is 0 Å². The molecule has 0 spiro atoms. The van der Waals surface area contributed by atoms with E-state index in [1.807, 2.05) is 18.2 Å². The highest BCUT2D eigenvalue weighted by Crippen LogP contribution is 2.49. The third kappa shape index (κ3) is 2.37. The zero-order chi connectivity index (χ0) is 14.0. The zero-order valence-corrected chi connectivity index (χ0v) is 12.2. The van der Waals surface area contributed by atoms with E-state index in [4.69, 9.17) is 0 Å². The van der Waals surface area contributed by atoms with E-state index < -0.39 is 0 Å². The molecule has 2 aliphatic rings. The Morgan fingerprint density at radius 2 is 2.25 bits per heavy atom. The smallest absolute Gasteiger partial charge is 0.115 e. The highest BCUT2D eigenvalue weighted by molar-refractivity contribution is 5.35. The predicted octanol–water partition coefficient (Wildman–Crippen LogP) is 3.71. The maximum Gasteiger partial charge on any atom is 0.115 e. The van der Waals surface area contributed by atoms with E-state index in [9.17, 15) is 5.11 Å². The molecule has 1 heterocycles. The van der Waals surface area contributed by atoms with Crippen molar-refractivity contribution in [2.75, 3.05) is 19.6 Å². The summed E-state index contributed by atoms with van der Waals surface area (Å²) < 4.78 is 0. The first-order valence-electron chi connectivity index (χ1n) is 7.87. The van der Waals surface area contributed by atoms with Crippen molar-refractivity contribution < 1.29 is 5.11 Å². The van der Waals surface area contributed by atoms with Crippen LogP contribution in [-0.4, -0.2) is 29.6 Å². The Hall–Kier alpha value is -1.28. The molecule has 1 aliphatic carbocycles. The second-order valence-electron chi connectivity index (χ2n) is 6.45. The van der Waals surface area contributed by atoms with E-state index in [0.717, 1.165) is 19.0 Å². The fourth-order valence-electron chi connectivity index (χ4n) is 4.36. The van der Waals surface area contributed by atoms with Crippen LogP contribution in [0, 0.1) is 5.92 Å². The molecule has 1 saturated carbocycles. The average molecular weight is 271 g/mol. The van der Waals surface area contributed by atoms with Gasteiger partial charge in [0, 0.05) is 18.5 Å². The van der Waals surface area contributed by atoms with Crippen molar-refractivity contribution in [1.29, 1.82) is 0 Å². The second kappa shape index (κ2) is 5.61. The fraction of sp³-hybridized carbons (Fsp3) is 0.556. The Bertz CT molecular complexity index is 484. The number of likely N-dealkylation sites (tertiary alicyclic amines) is 1. The number of fused-ring (bicyclic) bond motifs is 1. The molecular weight excluding hydrogens is 246 g/mol. The lowest BCUT2D eigenvalue weighted by molar-refractivity contribution is 0.0627. The third-order valence-corrected chi connectivity index (χ3v) is 5.37. The molecule has 1 aromatic carbocycles. The Labute approximate surface area is 122 Å². The number of nitrogens with zero attached hydrogens (tertiary/aromatic N) is 1. The van der Waals surface area contributed by atoms with Gasteiger partial charge in [-0.2, -0.15) is 0 Å². The number of hydrogen-bond acceptors (Lipinski definition) is 2. The van der Waals surface area contributed by atoms with E-state index in [1.165, 1.54) is 44.2 Å². The molecule has 2 atom stereocenters. The van der Waals surface area contributed by atoms with Crippen LogP contribution in [0.5, 0.6) is 5.75 Å². The Balaban J connectivity index is 1.90. The van der Waals surface area contributed by atoms with Gasteiger partial charge in [-0.1, -0.05) is 31.1 Å². The molecule has 2 nitrogen and oxygen atoms in total. The fourth-order valence-corrected chi connectivity index (χ4v) is 4.36. The molecule has 1 aromatic rings. The van der Waals surface area contributed by atoms with Crippen LogP contribution in [0.15, 0.2) is 36.9 Å². The number of benzene rings is 1. The molecule has 0 bridgehead atoms. The van der Waals surface area contributed by atoms with Crippen LogP contribution in [0.25, 0.3) is 0 Å². The number of hydrogen-bond donors (Lipinski definition) is 1. The van der Waals surface area contributed by atoms with Crippen LogP contribution in [0.3, 0.4) is 0 Å². The topological polar surface area (TPSA) is 23.5 Å². The maximum absolute atomic E-state index is 9.84. The van der Waals surface area contributed by atoms with Crippen molar-refractivity contribution in [2.24, 2.45) is 5.92 Å². The largest absolute Gasteiger partial charge is 0.508 e. The van der Waals surface area contributed by atoms with Crippen molar-refractivity contribution in [1.82, 2.24) is 4.90 Å². The summed E-state index contributed by atoms with van der Waals surface area (Å²) in [5.74, 6) is 1.14. The minimum absolute atomic E-state index is 0.300. The Morgan fingerprint density at radius 3 is 3.05 bits per heavy atom. The monoisotopic (exact) mass is 271 g/mol. The van der Waals surface area contributed by atoms with Gasteiger partial charge in [-0.15, -0.1) is 6.58 Å². The van der Waals surface area contributed by atoms with E-state index in [2.05, 4.69) is 17.5 Å². The molecule has 0 aromatic heterocycles. The van der Waals surface area contributed by atoms with E-state index in [0.29, 0.717) is 11.2 Å². The molecule has 2 heteroatoms. The number of rotatable bonds is 3. The lowest BCUT2D eigenvalue weighted by atomic mass is 9.59. The summed E-state index contributed by atoms with van der Waals surface area (Å²) in [6.07, 6.45) is 8.52. The van der Waals surface area contributed by atoms with Crippen LogP contribution in [0.2, 0.25) is 0 Å². The first-order valence-corrected chi connectivity index (χ1v) is 7.87. The Morgan fingerprint density at radius 1 is 1.35 bits per heavy atom. The van der Waals surface area contributed by atoms with E-state index in [1.54, 1.807) is 6.07 Å². The van der Waals surface area contributed by atoms with Crippen LogP contribution in [-0.2, 0) is 5.41 Å². The normalized spacial score (nSPS) is 30.7. The molecule has 0 amide bonds. The standard InChI is InChI=1S/C18H25NO/c1-2-11-19-12-10-18(9-4-3-6-16(18)14-19)15-7-5-8-17(20)13-15/h2,5,7-8,13,16,20H,1,3-4,6,9-12,14H2/t16-,18+/m0/s1. The van der Waals surface area contributed by atoms with Crippen LogP contribution >= 0.6 is 0 Å². The first kappa shape index (κ1) is 13.7. The van der Waals surface area contributed by atoms with E-state index >= 15 is 0 Å². The van der Waals surface area contributed by atoms with Gasteiger partial charge < -0.3 is 5.11 Å². The number of phenolic OH excluding ortho intramolecular Hbond substituents is 1. The predicted molar refractivity (Wildman–Crippen MR) is 83.0 cm³/mol. The summed E-state index contributed by atoms with van der Waals surface area (Å²) in [5, 5.41) is 9.84. The summed E-state index contributed by atoms with van der Waals surface area (Å²) >= 11 is 0. The molecule has 0 radical (unpaired) electrons. The molecule has 3 rings (SSSR count). The van der Waals surface area contributed by atoms with Crippen LogP contribution in [0.4, 0.5) is 0 Å². The van der Waals surface area contributed by atoms with Gasteiger partial charge in [0.1, 0.15) is 5.75 Å². The van der Waals surface area contributed by atoms with Gasteiger partial charge in [0.05, 0.1) is 0 Å². The second-order valence-corrected chi connectivity index (χ2v) is 6.45. The van der Waals surface area contributed by atoms with Crippen molar-refractivity contribution in [2.45, 2.75) is 37.5 Å². The molecule has 2 fully saturated rings. The molecule has 1 aliphatic heterocycles.